The number of furan rings is 1. The number of aromatic hydroxyl groups is 1. The fourth-order valence-electron chi connectivity index (χ4n) is 1.84. The van der Waals surface area contributed by atoms with Gasteiger partial charge in [-0.1, -0.05) is 12.1 Å². The topological polar surface area (TPSA) is 88.8 Å². The molecule has 0 aliphatic carbocycles. The lowest BCUT2D eigenvalue weighted by Crippen LogP contribution is -2.42. The minimum atomic E-state index is -0.836. The third-order valence-corrected chi connectivity index (χ3v) is 2.91. The SMILES string of the molecule is COC(=O)C(Cc1ccc(O)cc1)NC(=O)c1ccco1. The Morgan fingerprint density at radius 1 is 1.29 bits per heavy atom. The maximum Gasteiger partial charge on any atom is 0.328 e. The number of nitrogens with one attached hydrogen (secondary N) is 1. The van der Waals surface area contributed by atoms with E-state index >= 15 is 0 Å². The van der Waals surface area contributed by atoms with Crippen LogP contribution in [0.15, 0.2) is 47.1 Å². The number of carbonyl (C=O) groups excluding carboxylic acids is 2. The second kappa shape index (κ2) is 6.60. The molecule has 2 N–H and O–H groups in total. The molecule has 0 fully saturated rings. The van der Waals surface area contributed by atoms with Crippen molar-refractivity contribution in [2.45, 2.75) is 12.5 Å². The van der Waals surface area contributed by atoms with Crippen LogP contribution in [0.2, 0.25) is 0 Å². The molecule has 21 heavy (non-hydrogen) atoms. The predicted octanol–water partition coefficient (Wildman–Crippen LogP) is 1.50. The molecular formula is C15H15NO5. The molecule has 0 aliphatic heterocycles. The van der Waals surface area contributed by atoms with E-state index in [-0.39, 0.29) is 17.9 Å². The average molecular weight is 289 g/mol. The number of amides is 1. The van der Waals surface area contributed by atoms with Crippen LogP contribution in [0.25, 0.3) is 0 Å². The quantitative estimate of drug-likeness (QED) is 0.814. The fraction of sp³-hybridized carbons (Fsp3) is 0.200. The lowest BCUT2D eigenvalue weighted by atomic mass is 10.1. The molecule has 0 saturated carbocycles. The first-order valence-electron chi connectivity index (χ1n) is 6.30. The van der Waals surface area contributed by atoms with Crippen LogP contribution in [-0.4, -0.2) is 30.1 Å². The summed E-state index contributed by atoms with van der Waals surface area (Å²) in [6.07, 6.45) is 1.63. The van der Waals surface area contributed by atoms with E-state index in [4.69, 9.17) is 9.15 Å². The van der Waals surface area contributed by atoms with Gasteiger partial charge in [0.2, 0.25) is 0 Å². The highest BCUT2D eigenvalue weighted by Gasteiger charge is 2.23. The minimum absolute atomic E-state index is 0.120. The van der Waals surface area contributed by atoms with Crippen molar-refractivity contribution in [1.82, 2.24) is 5.32 Å². The van der Waals surface area contributed by atoms with Gasteiger partial charge in [-0.15, -0.1) is 0 Å². The summed E-state index contributed by atoms with van der Waals surface area (Å²) in [5.74, 6) is -0.792. The zero-order valence-electron chi connectivity index (χ0n) is 11.4. The van der Waals surface area contributed by atoms with E-state index in [1.165, 1.54) is 31.6 Å². The van der Waals surface area contributed by atoms with Crippen molar-refractivity contribution < 1.29 is 23.8 Å². The van der Waals surface area contributed by atoms with Crippen molar-refractivity contribution in [3.05, 3.63) is 54.0 Å². The Morgan fingerprint density at radius 3 is 2.57 bits per heavy atom. The van der Waals surface area contributed by atoms with Gasteiger partial charge in [0.25, 0.3) is 5.91 Å². The number of hydrogen-bond acceptors (Lipinski definition) is 5. The van der Waals surface area contributed by atoms with Crippen molar-refractivity contribution >= 4 is 11.9 Å². The standard InChI is InChI=1S/C15H15NO5/c1-20-15(19)12(9-10-4-6-11(17)7-5-10)16-14(18)13-3-2-8-21-13/h2-8,12,17H,9H2,1H3,(H,16,18). The maximum absolute atomic E-state index is 11.9. The number of carbonyl (C=O) groups is 2. The summed E-state index contributed by atoms with van der Waals surface area (Å²) in [4.78, 5) is 23.7. The first-order chi connectivity index (χ1) is 10.1. The molecule has 6 nitrogen and oxygen atoms in total. The number of esters is 1. The number of phenols is 1. The molecule has 0 radical (unpaired) electrons. The van der Waals surface area contributed by atoms with Crippen LogP contribution >= 0.6 is 0 Å². The third-order valence-electron chi connectivity index (χ3n) is 2.91. The monoisotopic (exact) mass is 289 g/mol. The number of benzene rings is 1. The highest BCUT2D eigenvalue weighted by molar-refractivity contribution is 5.94. The summed E-state index contributed by atoms with van der Waals surface area (Å²) in [5, 5.41) is 11.8. The molecule has 0 aliphatic rings. The Hall–Kier alpha value is -2.76. The van der Waals surface area contributed by atoms with Gasteiger partial charge in [0.1, 0.15) is 11.8 Å². The van der Waals surface area contributed by atoms with E-state index in [0.717, 1.165) is 5.56 Å². The van der Waals surface area contributed by atoms with Crippen LogP contribution in [0.3, 0.4) is 0 Å². The second-order valence-electron chi connectivity index (χ2n) is 4.40. The normalized spacial score (nSPS) is 11.7. The number of phenolic OH excluding ortho intramolecular Hbond substituents is 1. The largest absolute Gasteiger partial charge is 0.508 e. The van der Waals surface area contributed by atoms with E-state index in [1.807, 2.05) is 0 Å². The smallest absolute Gasteiger partial charge is 0.328 e. The molecule has 2 aromatic rings. The molecule has 0 bridgehead atoms. The Kier molecular flexibility index (Phi) is 4.61. The van der Waals surface area contributed by atoms with Crippen molar-refractivity contribution in [3.63, 3.8) is 0 Å². The van der Waals surface area contributed by atoms with E-state index in [9.17, 15) is 14.7 Å². The maximum atomic E-state index is 11.9. The van der Waals surface area contributed by atoms with Gasteiger partial charge in [0.15, 0.2) is 5.76 Å². The van der Waals surface area contributed by atoms with Gasteiger partial charge in [-0.25, -0.2) is 4.79 Å². The van der Waals surface area contributed by atoms with Crippen molar-refractivity contribution in [1.29, 1.82) is 0 Å². The van der Waals surface area contributed by atoms with Crippen LogP contribution in [0.4, 0.5) is 0 Å². The van der Waals surface area contributed by atoms with Gasteiger partial charge in [0.05, 0.1) is 13.4 Å². The van der Waals surface area contributed by atoms with Crippen molar-refractivity contribution in [2.75, 3.05) is 7.11 Å². The summed E-state index contributed by atoms with van der Waals surface area (Å²) in [6, 6.07) is 8.62. The average Bonchev–Trinajstić information content (AvgIpc) is 3.02. The summed E-state index contributed by atoms with van der Waals surface area (Å²) in [5.41, 5.74) is 0.781. The molecule has 110 valence electrons. The molecule has 1 heterocycles. The van der Waals surface area contributed by atoms with Crippen LogP contribution in [0.1, 0.15) is 16.1 Å². The fourth-order valence-corrected chi connectivity index (χ4v) is 1.84. The van der Waals surface area contributed by atoms with E-state index in [0.29, 0.717) is 0 Å². The first kappa shape index (κ1) is 14.6. The highest BCUT2D eigenvalue weighted by Crippen LogP contribution is 2.12. The highest BCUT2D eigenvalue weighted by atomic mass is 16.5. The van der Waals surface area contributed by atoms with Gasteiger partial charge in [-0.2, -0.15) is 0 Å². The Labute approximate surface area is 121 Å². The van der Waals surface area contributed by atoms with Crippen LogP contribution in [0.5, 0.6) is 5.75 Å². The summed E-state index contributed by atoms with van der Waals surface area (Å²) in [7, 11) is 1.26. The van der Waals surface area contributed by atoms with Crippen molar-refractivity contribution in [2.24, 2.45) is 0 Å². The molecule has 1 aromatic heterocycles. The van der Waals surface area contributed by atoms with Gasteiger partial charge in [-0.3, -0.25) is 4.79 Å². The minimum Gasteiger partial charge on any atom is -0.508 e. The zero-order valence-corrected chi connectivity index (χ0v) is 11.4. The molecule has 6 heteroatoms. The number of ether oxygens (including phenoxy) is 1. The van der Waals surface area contributed by atoms with E-state index in [1.54, 1.807) is 18.2 Å². The number of methoxy groups -OCH3 is 1. The van der Waals surface area contributed by atoms with E-state index in [2.05, 4.69) is 5.32 Å². The summed E-state index contributed by atoms with van der Waals surface area (Å²) in [6.45, 7) is 0. The molecule has 0 spiro atoms. The Morgan fingerprint density at radius 2 is 2.00 bits per heavy atom. The van der Waals surface area contributed by atoms with Gasteiger partial charge in [-0.05, 0) is 29.8 Å². The lowest BCUT2D eigenvalue weighted by molar-refractivity contribution is -0.142. The van der Waals surface area contributed by atoms with Gasteiger partial charge >= 0.3 is 5.97 Å². The third kappa shape index (κ3) is 3.85. The number of rotatable bonds is 5. The van der Waals surface area contributed by atoms with Crippen LogP contribution < -0.4 is 5.32 Å². The molecular weight excluding hydrogens is 274 g/mol. The van der Waals surface area contributed by atoms with Crippen LogP contribution in [-0.2, 0) is 16.0 Å². The molecule has 0 saturated heterocycles. The Balaban J connectivity index is 2.09. The van der Waals surface area contributed by atoms with Gasteiger partial charge in [0, 0.05) is 6.42 Å². The number of hydrogen-bond donors (Lipinski definition) is 2. The lowest BCUT2D eigenvalue weighted by Gasteiger charge is -2.16. The first-order valence-corrected chi connectivity index (χ1v) is 6.30. The van der Waals surface area contributed by atoms with Crippen LogP contribution in [0, 0.1) is 0 Å². The molecule has 1 aromatic carbocycles. The summed E-state index contributed by atoms with van der Waals surface area (Å²) >= 11 is 0. The molecule has 2 rings (SSSR count). The summed E-state index contributed by atoms with van der Waals surface area (Å²) < 4.78 is 9.67. The van der Waals surface area contributed by atoms with E-state index < -0.39 is 17.9 Å². The Bertz CT molecular complexity index is 604. The van der Waals surface area contributed by atoms with Crippen molar-refractivity contribution in [3.8, 4) is 5.75 Å². The molecule has 1 amide bonds. The molecule has 1 atom stereocenters. The molecule has 1 unspecified atom stereocenters. The predicted molar refractivity (Wildman–Crippen MR) is 73.8 cm³/mol. The zero-order chi connectivity index (χ0) is 15.2. The second-order valence-corrected chi connectivity index (χ2v) is 4.40. The van der Waals surface area contributed by atoms with Gasteiger partial charge < -0.3 is 19.6 Å².